The maximum atomic E-state index is 12.2. The van der Waals surface area contributed by atoms with E-state index >= 15 is 0 Å². The number of hydrogen-bond acceptors (Lipinski definition) is 2. The molecule has 17 heavy (non-hydrogen) atoms. The van der Waals surface area contributed by atoms with E-state index in [0.717, 1.165) is 32.1 Å². The van der Waals surface area contributed by atoms with E-state index in [4.69, 9.17) is 5.73 Å². The zero-order chi connectivity index (χ0) is 11.8. The van der Waals surface area contributed by atoms with Crippen LogP contribution < -0.4 is 11.1 Å². The third-order valence-electron chi connectivity index (χ3n) is 4.73. The van der Waals surface area contributed by atoms with Crippen molar-refractivity contribution in [3.63, 3.8) is 0 Å². The molecule has 3 nitrogen and oxygen atoms in total. The summed E-state index contributed by atoms with van der Waals surface area (Å²) in [6.45, 7) is 0. The minimum Gasteiger partial charge on any atom is -0.353 e. The average molecular weight is 234 g/mol. The van der Waals surface area contributed by atoms with Crippen molar-refractivity contribution < 1.29 is 4.79 Å². The molecule has 0 aliphatic heterocycles. The smallest absolute Gasteiger partial charge is 0.223 e. The summed E-state index contributed by atoms with van der Waals surface area (Å²) in [5, 5.41) is 3.24. The quantitative estimate of drug-likeness (QED) is 0.713. The van der Waals surface area contributed by atoms with E-state index in [1.54, 1.807) is 0 Å². The Morgan fingerprint density at radius 2 is 1.88 bits per heavy atom. The lowest BCUT2D eigenvalue weighted by molar-refractivity contribution is -0.126. The molecule has 3 aliphatic rings. The van der Waals surface area contributed by atoms with Gasteiger partial charge in [0.25, 0.3) is 0 Å². The molecule has 1 unspecified atom stereocenters. The summed E-state index contributed by atoms with van der Waals surface area (Å²) in [5.41, 5.74) is 5.88. The predicted molar refractivity (Wildman–Crippen MR) is 67.2 cm³/mol. The van der Waals surface area contributed by atoms with E-state index in [-0.39, 0.29) is 5.92 Å². The molecule has 3 N–H and O–H groups in total. The Morgan fingerprint density at radius 1 is 1.12 bits per heavy atom. The van der Waals surface area contributed by atoms with Gasteiger partial charge in [-0.25, -0.2) is 0 Å². The summed E-state index contributed by atoms with van der Waals surface area (Å²) in [6, 6.07) is 0.735. The average Bonchev–Trinajstić information content (AvgIpc) is 2.94. The van der Waals surface area contributed by atoms with Gasteiger partial charge in [0.05, 0.1) is 0 Å². The lowest BCUT2D eigenvalue weighted by Gasteiger charge is -2.28. The summed E-state index contributed by atoms with van der Waals surface area (Å²) in [7, 11) is 0. The predicted octanol–water partition coefficient (Wildman–Crippen LogP) is 1.58. The van der Waals surface area contributed by atoms with Crippen molar-refractivity contribution in [1.82, 2.24) is 5.32 Å². The summed E-state index contributed by atoms with van der Waals surface area (Å²) >= 11 is 0. The highest BCUT2D eigenvalue weighted by atomic mass is 16.2. The van der Waals surface area contributed by atoms with E-state index in [0.29, 0.717) is 29.8 Å². The highest BCUT2D eigenvalue weighted by Gasteiger charge is 2.40. The van der Waals surface area contributed by atoms with Gasteiger partial charge in [-0.3, -0.25) is 4.79 Å². The summed E-state index contributed by atoms with van der Waals surface area (Å²) < 4.78 is 0. The molecular formula is C14H22N2O. The molecule has 3 atom stereocenters. The largest absolute Gasteiger partial charge is 0.353 e. The minimum absolute atomic E-state index is 0.251. The van der Waals surface area contributed by atoms with Crippen molar-refractivity contribution in [2.45, 2.75) is 50.6 Å². The lowest BCUT2D eigenvalue weighted by Crippen LogP contribution is -2.43. The normalized spacial score (nSPS) is 43.9. The van der Waals surface area contributed by atoms with Crippen LogP contribution in [0.3, 0.4) is 0 Å². The molecule has 3 heteroatoms. The second-order valence-electron chi connectivity index (χ2n) is 6.01. The summed E-state index contributed by atoms with van der Waals surface area (Å²) in [5.74, 6) is 1.74. The van der Waals surface area contributed by atoms with Gasteiger partial charge >= 0.3 is 0 Å². The summed E-state index contributed by atoms with van der Waals surface area (Å²) in [6.07, 6.45) is 11.0. The second kappa shape index (κ2) is 4.45. The Bertz CT molecular complexity index is 331. The maximum Gasteiger partial charge on any atom is 0.223 e. The number of fused-ring (bicyclic) bond motifs is 2. The molecule has 2 fully saturated rings. The van der Waals surface area contributed by atoms with Gasteiger partial charge in [0.15, 0.2) is 0 Å². The van der Waals surface area contributed by atoms with Crippen LogP contribution in [0.1, 0.15) is 38.5 Å². The Hall–Kier alpha value is -0.830. The molecule has 0 radical (unpaired) electrons. The fourth-order valence-corrected chi connectivity index (χ4v) is 3.65. The number of allylic oxidation sites excluding steroid dienone is 2. The molecule has 3 rings (SSSR count). The SMILES string of the molecule is NC1CCC(NC(=O)C2C[C@@H]3C=C[C@H]2C3)CC1. The summed E-state index contributed by atoms with van der Waals surface area (Å²) in [4.78, 5) is 12.2. The van der Waals surface area contributed by atoms with Crippen molar-refractivity contribution in [3.05, 3.63) is 12.2 Å². The molecule has 0 aromatic carbocycles. The lowest BCUT2D eigenvalue weighted by atomic mass is 9.89. The highest BCUT2D eigenvalue weighted by Crippen LogP contribution is 2.43. The molecule has 0 aromatic rings. The molecule has 94 valence electrons. The van der Waals surface area contributed by atoms with Crippen LogP contribution in [0.5, 0.6) is 0 Å². The van der Waals surface area contributed by atoms with Gasteiger partial charge < -0.3 is 11.1 Å². The number of amides is 1. The van der Waals surface area contributed by atoms with Crippen LogP contribution in [-0.4, -0.2) is 18.0 Å². The number of nitrogens with one attached hydrogen (secondary N) is 1. The van der Waals surface area contributed by atoms with Gasteiger partial charge in [-0.15, -0.1) is 0 Å². The number of carbonyl (C=O) groups is 1. The van der Waals surface area contributed by atoms with Gasteiger partial charge in [0, 0.05) is 18.0 Å². The van der Waals surface area contributed by atoms with Gasteiger partial charge in [0.1, 0.15) is 0 Å². The standard InChI is InChI=1S/C14H22N2O/c15-11-3-5-12(6-4-11)16-14(17)13-8-9-1-2-10(13)7-9/h1-2,9-13H,3-8,15H2,(H,16,17)/t9-,10+,11?,12?,13?/m1/s1. The van der Waals surface area contributed by atoms with Crippen LogP contribution in [0.4, 0.5) is 0 Å². The van der Waals surface area contributed by atoms with E-state index in [2.05, 4.69) is 17.5 Å². The molecular weight excluding hydrogens is 212 g/mol. The molecule has 0 aromatic heterocycles. The van der Waals surface area contributed by atoms with Crippen LogP contribution >= 0.6 is 0 Å². The van der Waals surface area contributed by atoms with Crippen molar-refractivity contribution in [2.75, 3.05) is 0 Å². The first-order valence-electron chi connectivity index (χ1n) is 6.96. The number of carbonyl (C=O) groups excluding carboxylic acids is 1. The molecule has 0 heterocycles. The number of hydrogen-bond donors (Lipinski definition) is 2. The topological polar surface area (TPSA) is 55.1 Å². The third kappa shape index (κ3) is 2.25. The fourth-order valence-electron chi connectivity index (χ4n) is 3.65. The van der Waals surface area contributed by atoms with Crippen LogP contribution in [0.2, 0.25) is 0 Å². The molecule has 2 bridgehead atoms. The van der Waals surface area contributed by atoms with Crippen molar-refractivity contribution >= 4 is 5.91 Å². The first-order chi connectivity index (χ1) is 8.22. The maximum absolute atomic E-state index is 12.2. The van der Waals surface area contributed by atoms with E-state index in [1.807, 2.05) is 0 Å². The molecule has 1 amide bonds. The zero-order valence-electron chi connectivity index (χ0n) is 10.3. The van der Waals surface area contributed by atoms with Gasteiger partial charge in [-0.1, -0.05) is 12.2 Å². The number of nitrogens with two attached hydrogens (primary N) is 1. The van der Waals surface area contributed by atoms with Crippen LogP contribution in [-0.2, 0) is 4.79 Å². The van der Waals surface area contributed by atoms with E-state index < -0.39 is 0 Å². The first-order valence-corrected chi connectivity index (χ1v) is 6.96. The monoisotopic (exact) mass is 234 g/mol. The number of rotatable bonds is 2. The molecule has 2 saturated carbocycles. The second-order valence-corrected chi connectivity index (χ2v) is 6.01. The highest BCUT2D eigenvalue weighted by molar-refractivity contribution is 5.80. The third-order valence-corrected chi connectivity index (χ3v) is 4.73. The first kappa shape index (κ1) is 11.3. The molecule has 0 spiro atoms. The van der Waals surface area contributed by atoms with Gasteiger partial charge in [-0.2, -0.15) is 0 Å². The Kier molecular flexibility index (Phi) is 2.95. The zero-order valence-corrected chi connectivity index (χ0v) is 10.3. The minimum atomic E-state index is 0.251. The Balaban J connectivity index is 1.52. The van der Waals surface area contributed by atoms with E-state index in [1.165, 1.54) is 6.42 Å². The fraction of sp³-hybridized carbons (Fsp3) is 0.786. The van der Waals surface area contributed by atoms with Crippen LogP contribution in [0, 0.1) is 17.8 Å². The van der Waals surface area contributed by atoms with Gasteiger partial charge in [-0.05, 0) is 50.4 Å². The molecule has 0 saturated heterocycles. The van der Waals surface area contributed by atoms with Crippen molar-refractivity contribution in [3.8, 4) is 0 Å². The van der Waals surface area contributed by atoms with Crippen molar-refractivity contribution in [2.24, 2.45) is 23.5 Å². The van der Waals surface area contributed by atoms with Crippen molar-refractivity contribution in [1.29, 1.82) is 0 Å². The van der Waals surface area contributed by atoms with E-state index in [9.17, 15) is 4.79 Å². The Morgan fingerprint density at radius 3 is 2.47 bits per heavy atom. The van der Waals surface area contributed by atoms with Crippen LogP contribution in [0.15, 0.2) is 12.2 Å². The van der Waals surface area contributed by atoms with Crippen LogP contribution in [0.25, 0.3) is 0 Å². The van der Waals surface area contributed by atoms with Gasteiger partial charge in [0.2, 0.25) is 5.91 Å². The molecule has 3 aliphatic carbocycles. The Labute approximate surface area is 103 Å².